The van der Waals surface area contributed by atoms with Gasteiger partial charge in [-0.2, -0.15) is 0 Å². The van der Waals surface area contributed by atoms with Gasteiger partial charge in [-0.15, -0.1) is 6.42 Å². The standard InChI is InChI=1S/C17H24N2O.C2H6/c1-5-7-18-8-10-19(11-9-18)16-13-15(6-2)12-14(3)17(16)20-4;1-2/h1,12-13H,6-11H2,2-4H3;1-2H3. The minimum atomic E-state index is 0.749. The fraction of sp³-hybridized carbons (Fsp3) is 0.579. The van der Waals surface area contributed by atoms with E-state index in [9.17, 15) is 0 Å². The van der Waals surface area contributed by atoms with Crippen LogP contribution in [0.25, 0.3) is 0 Å². The fourth-order valence-electron chi connectivity index (χ4n) is 2.81. The van der Waals surface area contributed by atoms with Crippen LogP contribution < -0.4 is 9.64 Å². The molecule has 1 heterocycles. The van der Waals surface area contributed by atoms with Crippen LogP contribution in [0, 0.1) is 19.3 Å². The molecule has 0 N–H and O–H groups in total. The molecule has 0 bridgehead atoms. The summed E-state index contributed by atoms with van der Waals surface area (Å²) >= 11 is 0. The molecule has 0 amide bonds. The van der Waals surface area contributed by atoms with E-state index in [-0.39, 0.29) is 0 Å². The number of piperazine rings is 1. The Balaban J connectivity index is 0.00000116. The number of methoxy groups -OCH3 is 1. The summed E-state index contributed by atoms with van der Waals surface area (Å²) in [5, 5.41) is 0. The molecule has 0 saturated carbocycles. The monoisotopic (exact) mass is 302 g/mol. The van der Waals surface area contributed by atoms with Gasteiger partial charge in [-0.3, -0.25) is 4.90 Å². The Labute approximate surface area is 136 Å². The van der Waals surface area contributed by atoms with Gasteiger partial charge in [0.15, 0.2) is 0 Å². The lowest BCUT2D eigenvalue weighted by atomic mass is 10.1. The quantitative estimate of drug-likeness (QED) is 0.793. The molecular formula is C19H30N2O. The van der Waals surface area contributed by atoms with Crippen molar-refractivity contribution >= 4 is 5.69 Å². The first-order chi connectivity index (χ1) is 10.7. The number of ether oxygens (including phenoxy) is 1. The second-order valence-corrected chi connectivity index (χ2v) is 5.29. The SMILES string of the molecule is C#CCN1CCN(c2cc(CC)cc(C)c2OC)CC1.CC. The molecule has 1 aliphatic heterocycles. The van der Waals surface area contributed by atoms with Gasteiger partial charge in [-0.1, -0.05) is 32.8 Å². The number of rotatable bonds is 4. The predicted molar refractivity (Wildman–Crippen MR) is 95.9 cm³/mol. The van der Waals surface area contributed by atoms with Crippen molar-refractivity contribution in [2.75, 3.05) is 44.7 Å². The van der Waals surface area contributed by atoms with Gasteiger partial charge in [0, 0.05) is 26.2 Å². The van der Waals surface area contributed by atoms with E-state index in [4.69, 9.17) is 11.2 Å². The average molecular weight is 302 g/mol. The van der Waals surface area contributed by atoms with Gasteiger partial charge in [0.05, 0.1) is 19.3 Å². The largest absolute Gasteiger partial charge is 0.494 e. The lowest BCUT2D eigenvalue weighted by molar-refractivity contribution is 0.287. The normalized spacial score (nSPS) is 14.8. The molecule has 1 aliphatic rings. The molecule has 1 aromatic rings. The number of aryl methyl sites for hydroxylation is 2. The molecule has 0 spiro atoms. The third kappa shape index (κ3) is 4.42. The Hall–Kier alpha value is -1.66. The van der Waals surface area contributed by atoms with E-state index in [1.165, 1.54) is 16.8 Å². The van der Waals surface area contributed by atoms with E-state index < -0.39 is 0 Å². The van der Waals surface area contributed by atoms with Crippen molar-refractivity contribution in [1.82, 2.24) is 4.90 Å². The van der Waals surface area contributed by atoms with Crippen LogP contribution in [0.2, 0.25) is 0 Å². The van der Waals surface area contributed by atoms with E-state index >= 15 is 0 Å². The summed E-state index contributed by atoms with van der Waals surface area (Å²) in [6.45, 7) is 13.1. The van der Waals surface area contributed by atoms with Gasteiger partial charge in [0.25, 0.3) is 0 Å². The summed E-state index contributed by atoms with van der Waals surface area (Å²) < 4.78 is 5.62. The second-order valence-electron chi connectivity index (χ2n) is 5.29. The van der Waals surface area contributed by atoms with Crippen LogP contribution in [0.15, 0.2) is 12.1 Å². The Bertz CT molecular complexity index is 497. The van der Waals surface area contributed by atoms with Crippen molar-refractivity contribution < 1.29 is 4.74 Å². The third-order valence-electron chi connectivity index (χ3n) is 3.96. The summed E-state index contributed by atoms with van der Waals surface area (Å²) in [6.07, 6.45) is 6.43. The third-order valence-corrected chi connectivity index (χ3v) is 3.96. The molecule has 2 rings (SSSR count). The maximum atomic E-state index is 5.62. The molecule has 0 radical (unpaired) electrons. The van der Waals surface area contributed by atoms with Crippen molar-refractivity contribution in [3.63, 3.8) is 0 Å². The minimum absolute atomic E-state index is 0.749. The summed E-state index contributed by atoms with van der Waals surface area (Å²) in [7, 11) is 1.76. The number of terminal acetylenes is 1. The van der Waals surface area contributed by atoms with Crippen molar-refractivity contribution in [3.8, 4) is 18.1 Å². The van der Waals surface area contributed by atoms with Crippen LogP contribution in [-0.4, -0.2) is 44.7 Å². The number of anilines is 1. The Morgan fingerprint density at radius 2 is 1.82 bits per heavy atom. The molecule has 0 aliphatic carbocycles. The zero-order valence-corrected chi connectivity index (χ0v) is 14.8. The topological polar surface area (TPSA) is 15.7 Å². The van der Waals surface area contributed by atoms with Gasteiger partial charge in [0.1, 0.15) is 5.75 Å². The molecule has 1 aromatic carbocycles. The Morgan fingerprint density at radius 3 is 2.32 bits per heavy atom. The summed E-state index contributed by atoms with van der Waals surface area (Å²) in [4.78, 5) is 4.73. The first-order valence-corrected chi connectivity index (χ1v) is 8.27. The predicted octanol–water partition coefficient (Wildman–Crippen LogP) is 3.35. The Kier molecular flexibility index (Phi) is 7.84. The van der Waals surface area contributed by atoms with E-state index in [1.54, 1.807) is 7.11 Å². The first-order valence-electron chi connectivity index (χ1n) is 8.27. The van der Waals surface area contributed by atoms with Gasteiger partial charge in [-0.05, 0) is 30.5 Å². The molecule has 3 nitrogen and oxygen atoms in total. The highest BCUT2D eigenvalue weighted by Gasteiger charge is 2.20. The number of nitrogens with zero attached hydrogens (tertiary/aromatic N) is 2. The van der Waals surface area contributed by atoms with Crippen molar-refractivity contribution in [2.45, 2.75) is 34.1 Å². The van der Waals surface area contributed by atoms with Crippen molar-refractivity contribution in [1.29, 1.82) is 0 Å². The smallest absolute Gasteiger partial charge is 0.145 e. The molecule has 122 valence electrons. The van der Waals surface area contributed by atoms with Crippen molar-refractivity contribution in [2.24, 2.45) is 0 Å². The van der Waals surface area contributed by atoms with Gasteiger partial charge in [-0.25, -0.2) is 0 Å². The first kappa shape index (κ1) is 18.4. The number of benzene rings is 1. The minimum Gasteiger partial charge on any atom is -0.494 e. The molecule has 1 fully saturated rings. The Morgan fingerprint density at radius 1 is 1.18 bits per heavy atom. The summed E-state index contributed by atoms with van der Waals surface area (Å²) in [5.74, 6) is 3.73. The van der Waals surface area contributed by atoms with Gasteiger partial charge in [0.2, 0.25) is 0 Å². The van der Waals surface area contributed by atoms with E-state index in [2.05, 4.69) is 41.7 Å². The zero-order valence-electron chi connectivity index (χ0n) is 14.8. The van der Waals surface area contributed by atoms with Crippen LogP contribution in [-0.2, 0) is 6.42 Å². The van der Waals surface area contributed by atoms with Crippen LogP contribution in [0.3, 0.4) is 0 Å². The van der Waals surface area contributed by atoms with Crippen LogP contribution in [0.5, 0.6) is 5.75 Å². The second kappa shape index (κ2) is 9.38. The molecule has 3 heteroatoms. The van der Waals surface area contributed by atoms with Crippen LogP contribution in [0.1, 0.15) is 31.9 Å². The van der Waals surface area contributed by atoms with E-state index in [0.717, 1.165) is 44.9 Å². The van der Waals surface area contributed by atoms with Crippen LogP contribution in [0.4, 0.5) is 5.69 Å². The average Bonchev–Trinajstić information content (AvgIpc) is 2.57. The zero-order chi connectivity index (χ0) is 16.5. The molecule has 22 heavy (non-hydrogen) atoms. The highest BCUT2D eigenvalue weighted by Crippen LogP contribution is 2.34. The highest BCUT2D eigenvalue weighted by molar-refractivity contribution is 5.63. The van der Waals surface area contributed by atoms with E-state index in [0.29, 0.717) is 0 Å². The van der Waals surface area contributed by atoms with Crippen LogP contribution >= 0.6 is 0 Å². The molecule has 0 aromatic heterocycles. The van der Waals surface area contributed by atoms with Gasteiger partial charge < -0.3 is 9.64 Å². The summed E-state index contributed by atoms with van der Waals surface area (Å²) in [6, 6.07) is 4.49. The maximum Gasteiger partial charge on any atom is 0.145 e. The molecule has 1 saturated heterocycles. The lowest BCUT2D eigenvalue weighted by Crippen LogP contribution is -2.46. The summed E-state index contributed by atoms with van der Waals surface area (Å²) in [5.41, 5.74) is 3.81. The molecule has 0 atom stereocenters. The lowest BCUT2D eigenvalue weighted by Gasteiger charge is -2.36. The highest BCUT2D eigenvalue weighted by atomic mass is 16.5. The maximum absolute atomic E-state index is 5.62. The van der Waals surface area contributed by atoms with E-state index in [1.807, 2.05) is 13.8 Å². The fourth-order valence-corrected chi connectivity index (χ4v) is 2.81. The van der Waals surface area contributed by atoms with Crippen molar-refractivity contribution in [3.05, 3.63) is 23.3 Å². The number of hydrogen-bond acceptors (Lipinski definition) is 3. The molecular weight excluding hydrogens is 272 g/mol. The molecule has 0 unspecified atom stereocenters. The van der Waals surface area contributed by atoms with Gasteiger partial charge >= 0.3 is 0 Å². The number of hydrogen-bond donors (Lipinski definition) is 0.